The summed E-state index contributed by atoms with van der Waals surface area (Å²) in [5.74, 6) is 0.561. The normalized spacial score (nSPS) is 14.4. The van der Waals surface area contributed by atoms with Crippen LogP contribution >= 0.6 is 23.2 Å². The van der Waals surface area contributed by atoms with E-state index in [0.29, 0.717) is 39.4 Å². The van der Waals surface area contributed by atoms with Gasteiger partial charge in [-0.25, -0.2) is 4.79 Å². The monoisotopic (exact) mass is 453 g/mol. The van der Waals surface area contributed by atoms with Crippen LogP contribution in [0.2, 0.25) is 10.0 Å². The lowest BCUT2D eigenvalue weighted by Gasteiger charge is -2.12. The lowest BCUT2D eigenvalue weighted by Crippen LogP contribution is -2.06. The summed E-state index contributed by atoms with van der Waals surface area (Å²) in [6.07, 6.45) is 1.70. The van der Waals surface area contributed by atoms with Crippen LogP contribution in [-0.2, 0) is 16.2 Å². The lowest BCUT2D eigenvalue weighted by atomic mass is 10.0. The number of methoxy groups -OCH3 is 1. The number of rotatable bonds is 6. The van der Waals surface area contributed by atoms with Gasteiger partial charge in [-0.1, -0.05) is 64.8 Å². The van der Waals surface area contributed by atoms with Crippen LogP contribution in [0.25, 0.3) is 6.08 Å². The van der Waals surface area contributed by atoms with Crippen molar-refractivity contribution >= 4 is 41.0 Å². The number of hydrogen-bond acceptors (Lipinski definition) is 5. The van der Waals surface area contributed by atoms with Gasteiger partial charge < -0.3 is 14.3 Å². The summed E-state index contributed by atoms with van der Waals surface area (Å²) >= 11 is 12.1. The van der Waals surface area contributed by atoms with Crippen molar-refractivity contribution in [3.63, 3.8) is 0 Å². The third-order valence-corrected chi connectivity index (χ3v) is 5.27. The van der Waals surface area contributed by atoms with Crippen molar-refractivity contribution in [3.8, 4) is 11.5 Å². The zero-order valence-corrected chi connectivity index (χ0v) is 18.0. The number of nitrogens with zero attached hydrogens (tertiary/aromatic N) is 1. The zero-order valence-electron chi connectivity index (χ0n) is 16.5. The highest BCUT2D eigenvalue weighted by molar-refractivity contribution is 6.33. The third kappa shape index (κ3) is 4.74. The molecule has 0 saturated carbocycles. The highest BCUT2D eigenvalue weighted by Gasteiger charge is 2.27. The molecule has 156 valence electrons. The molecule has 0 aromatic heterocycles. The standard InChI is InChI=1S/C24H17Cl2NO4/c1-29-22-13-15(6-11-21(22)30-14-17-4-2-3-5-20(17)26)12-19-23(27-31-24(19)28)16-7-9-18(25)10-8-16/h2-13H,14H2,1H3/b19-12-. The number of carbonyl (C=O) groups excluding carboxylic acids is 1. The summed E-state index contributed by atoms with van der Waals surface area (Å²) in [6, 6.07) is 19.9. The Labute approximate surface area is 189 Å². The molecule has 0 N–H and O–H groups in total. The van der Waals surface area contributed by atoms with Crippen LogP contribution in [0.1, 0.15) is 16.7 Å². The molecule has 0 saturated heterocycles. The molecule has 3 aromatic carbocycles. The number of hydrogen-bond donors (Lipinski definition) is 0. The topological polar surface area (TPSA) is 57.1 Å². The number of ether oxygens (including phenoxy) is 2. The van der Waals surface area contributed by atoms with Crippen LogP contribution in [-0.4, -0.2) is 18.8 Å². The van der Waals surface area contributed by atoms with Crippen LogP contribution in [0.3, 0.4) is 0 Å². The molecule has 31 heavy (non-hydrogen) atoms. The molecule has 7 heteroatoms. The van der Waals surface area contributed by atoms with Gasteiger partial charge in [-0.3, -0.25) is 0 Å². The van der Waals surface area contributed by atoms with E-state index in [9.17, 15) is 4.79 Å². The average Bonchev–Trinajstić information content (AvgIpc) is 3.14. The summed E-state index contributed by atoms with van der Waals surface area (Å²) in [5.41, 5.74) is 3.12. The van der Waals surface area contributed by atoms with Crippen molar-refractivity contribution in [2.75, 3.05) is 7.11 Å². The van der Waals surface area contributed by atoms with Crippen LogP contribution in [0.5, 0.6) is 11.5 Å². The second-order valence-electron chi connectivity index (χ2n) is 6.67. The summed E-state index contributed by atoms with van der Waals surface area (Å²) in [6.45, 7) is 0.302. The maximum absolute atomic E-state index is 12.2. The van der Waals surface area contributed by atoms with Gasteiger partial charge in [0.25, 0.3) is 0 Å². The Bertz CT molecular complexity index is 1190. The molecule has 0 fully saturated rings. The highest BCUT2D eigenvalue weighted by atomic mass is 35.5. The van der Waals surface area contributed by atoms with E-state index in [1.807, 2.05) is 30.3 Å². The molecule has 0 aliphatic carbocycles. The molecule has 0 spiro atoms. The molecule has 1 aliphatic heterocycles. The molecular formula is C24H17Cl2NO4. The van der Waals surface area contributed by atoms with E-state index in [0.717, 1.165) is 16.7 Å². The van der Waals surface area contributed by atoms with Gasteiger partial charge in [-0.2, -0.15) is 0 Å². The molecule has 0 unspecified atom stereocenters. The van der Waals surface area contributed by atoms with E-state index in [1.54, 1.807) is 49.6 Å². The number of carbonyl (C=O) groups is 1. The Morgan fingerprint density at radius 2 is 1.77 bits per heavy atom. The second kappa shape index (κ2) is 9.25. The smallest absolute Gasteiger partial charge is 0.368 e. The Balaban J connectivity index is 1.58. The maximum atomic E-state index is 12.2. The van der Waals surface area contributed by atoms with E-state index in [1.165, 1.54) is 0 Å². The predicted molar refractivity (Wildman–Crippen MR) is 121 cm³/mol. The van der Waals surface area contributed by atoms with Crippen molar-refractivity contribution in [3.05, 3.63) is 99.0 Å². The van der Waals surface area contributed by atoms with E-state index < -0.39 is 5.97 Å². The fourth-order valence-corrected chi connectivity index (χ4v) is 3.37. The quantitative estimate of drug-likeness (QED) is 0.343. The predicted octanol–water partition coefficient (Wildman–Crippen LogP) is 5.93. The van der Waals surface area contributed by atoms with Gasteiger partial charge in [-0.05, 0) is 42.0 Å². The first-order valence-corrected chi connectivity index (χ1v) is 10.1. The average molecular weight is 454 g/mol. The van der Waals surface area contributed by atoms with Crippen molar-refractivity contribution in [2.24, 2.45) is 5.16 Å². The Morgan fingerprint density at radius 3 is 2.52 bits per heavy atom. The van der Waals surface area contributed by atoms with Gasteiger partial charge in [0.05, 0.1) is 12.7 Å². The molecule has 4 rings (SSSR count). The molecule has 5 nitrogen and oxygen atoms in total. The number of halogens is 2. The molecule has 0 bridgehead atoms. The summed E-state index contributed by atoms with van der Waals surface area (Å²) < 4.78 is 11.4. The van der Waals surface area contributed by atoms with Gasteiger partial charge >= 0.3 is 5.97 Å². The molecule has 0 radical (unpaired) electrons. The van der Waals surface area contributed by atoms with E-state index in [-0.39, 0.29) is 0 Å². The van der Waals surface area contributed by atoms with Crippen LogP contribution in [0.15, 0.2) is 77.5 Å². The van der Waals surface area contributed by atoms with Crippen LogP contribution < -0.4 is 9.47 Å². The molecule has 0 atom stereocenters. The second-order valence-corrected chi connectivity index (χ2v) is 7.52. The Morgan fingerprint density at radius 1 is 1.00 bits per heavy atom. The molecular weight excluding hydrogens is 437 g/mol. The minimum atomic E-state index is -0.525. The first kappa shape index (κ1) is 21.0. The minimum Gasteiger partial charge on any atom is -0.493 e. The van der Waals surface area contributed by atoms with Gasteiger partial charge in [0.2, 0.25) is 0 Å². The summed E-state index contributed by atoms with van der Waals surface area (Å²) in [7, 11) is 1.55. The Kier molecular flexibility index (Phi) is 6.26. The number of benzene rings is 3. The zero-order chi connectivity index (χ0) is 21.8. The van der Waals surface area contributed by atoms with Gasteiger partial charge in [-0.15, -0.1) is 0 Å². The molecule has 0 amide bonds. The summed E-state index contributed by atoms with van der Waals surface area (Å²) in [4.78, 5) is 17.1. The van der Waals surface area contributed by atoms with E-state index in [4.69, 9.17) is 37.5 Å². The van der Waals surface area contributed by atoms with E-state index in [2.05, 4.69) is 5.16 Å². The van der Waals surface area contributed by atoms with Crippen LogP contribution in [0.4, 0.5) is 0 Å². The first-order chi connectivity index (χ1) is 15.0. The fraction of sp³-hybridized carbons (Fsp3) is 0.0833. The first-order valence-electron chi connectivity index (χ1n) is 9.37. The van der Waals surface area contributed by atoms with Crippen molar-refractivity contribution < 1.29 is 19.1 Å². The largest absolute Gasteiger partial charge is 0.493 e. The molecule has 1 aliphatic rings. The van der Waals surface area contributed by atoms with Gasteiger partial charge in [0.1, 0.15) is 12.3 Å². The van der Waals surface area contributed by atoms with Crippen molar-refractivity contribution in [1.82, 2.24) is 0 Å². The van der Waals surface area contributed by atoms with Gasteiger partial charge in [0, 0.05) is 21.2 Å². The number of oxime groups is 1. The van der Waals surface area contributed by atoms with E-state index >= 15 is 0 Å². The Hall–Kier alpha value is -3.28. The lowest BCUT2D eigenvalue weighted by molar-refractivity contribution is -0.136. The van der Waals surface area contributed by atoms with Crippen molar-refractivity contribution in [1.29, 1.82) is 0 Å². The van der Waals surface area contributed by atoms with Crippen molar-refractivity contribution in [2.45, 2.75) is 6.61 Å². The molecule has 1 heterocycles. The minimum absolute atomic E-state index is 0.302. The highest BCUT2D eigenvalue weighted by Crippen LogP contribution is 2.31. The van der Waals surface area contributed by atoms with Crippen LogP contribution in [0, 0.1) is 0 Å². The third-order valence-electron chi connectivity index (χ3n) is 4.65. The van der Waals surface area contributed by atoms with Gasteiger partial charge in [0.15, 0.2) is 11.5 Å². The SMILES string of the molecule is COc1cc(/C=C2\C(=O)ON=C2c2ccc(Cl)cc2)ccc1OCc1ccccc1Cl. The summed E-state index contributed by atoms with van der Waals surface area (Å²) in [5, 5.41) is 5.14. The maximum Gasteiger partial charge on any atom is 0.368 e. The molecule has 3 aromatic rings. The fourth-order valence-electron chi connectivity index (χ4n) is 3.06.